The van der Waals surface area contributed by atoms with Crippen molar-refractivity contribution in [1.82, 2.24) is 14.4 Å². The molecule has 0 spiro atoms. The van der Waals surface area contributed by atoms with Crippen molar-refractivity contribution < 1.29 is 18.0 Å². The van der Waals surface area contributed by atoms with Gasteiger partial charge in [0, 0.05) is 39.4 Å². The number of carbonyl (C=O) groups is 1. The van der Waals surface area contributed by atoms with E-state index in [9.17, 15) is 18.0 Å². The molecule has 0 radical (unpaired) electrons. The van der Waals surface area contributed by atoms with Crippen LogP contribution < -0.4 is 0 Å². The quantitative estimate of drug-likeness (QED) is 0.784. The van der Waals surface area contributed by atoms with Crippen molar-refractivity contribution in [3.63, 3.8) is 0 Å². The van der Waals surface area contributed by atoms with Crippen LogP contribution in [0.1, 0.15) is 10.5 Å². The van der Waals surface area contributed by atoms with E-state index in [1.165, 1.54) is 4.90 Å². The molecule has 0 amide bonds. The van der Waals surface area contributed by atoms with Gasteiger partial charge in [0.15, 0.2) is 5.78 Å². The summed E-state index contributed by atoms with van der Waals surface area (Å²) in [6.07, 6.45) is -2.35. The number of aromatic nitrogens is 1. The lowest BCUT2D eigenvalue weighted by Crippen LogP contribution is -2.50. The molecule has 20 heavy (non-hydrogen) atoms. The van der Waals surface area contributed by atoms with Gasteiger partial charge in [0.05, 0.1) is 18.8 Å². The average Bonchev–Trinajstić information content (AvgIpc) is 2.76. The minimum Gasteiger partial charge on any atom is -0.348 e. The second kappa shape index (κ2) is 5.97. The van der Waals surface area contributed by atoms with E-state index in [1.807, 2.05) is 4.90 Å². The van der Waals surface area contributed by atoms with Gasteiger partial charge in [-0.3, -0.25) is 14.6 Å². The van der Waals surface area contributed by atoms with E-state index in [0.717, 1.165) is 0 Å². The number of alkyl halides is 3. The molecule has 7 heteroatoms. The van der Waals surface area contributed by atoms with E-state index in [-0.39, 0.29) is 12.3 Å². The van der Waals surface area contributed by atoms with Crippen LogP contribution in [-0.4, -0.2) is 65.6 Å². The summed E-state index contributed by atoms with van der Waals surface area (Å²) in [5, 5.41) is 0. The average molecular weight is 289 g/mol. The van der Waals surface area contributed by atoms with Gasteiger partial charge in [-0.2, -0.15) is 13.2 Å². The summed E-state index contributed by atoms with van der Waals surface area (Å²) in [5.41, 5.74) is 0.628. The van der Waals surface area contributed by atoms with Crippen LogP contribution in [0.5, 0.6) is 0 Å². The lowest BCUT2D eigenvalue weighted by molar-refractivity contribution is -0.149. The number of piperazine rings is 1. The van der Waals surface area contributed by atoms with Gasteiger partial charge in [0.2, 0.25) is 0 Å². The molecular formula is C13H18F3N3O. The first-order chi connectivity index (χ1) is 9.35. The van der Waals surface area contributed by atoms with Crippen molar-refractivity contribution in [2.45, 2.75) is 6.18 Å². The Kier molecular flexibility index (Phi) is 4.49. The van der Waals surface area contributed by atoms with Gasteiger partial charge in [-0.05, 0) is 12.1 Å². The van der Waals surface area contributed by atoms with E-state index in [0.29, 0.717) is 31.9 Å². The van der Waals surface area contributed by atoms with E-state index >= 15 is 0 Å². The summed E-state index contributed by atoms with van der Waals surface area (Å²) in [6.45, 7) is 1.07. The first kappa shape index (κ1) is 15.1. The Labute approximate surface area is 115 Å². The molecule has 4 nitrogen and oxygen atoms in total. The van der Waals surface area contributed by atoms with Crippen molar-refractivity contribution in [2.24, 2.45) is 7.05 Å². The smallest absolute Gasteiger partial charge is 0.348 e. The number of carbonyl (C=O) groups excluding carboxylic acids is 1. The predicted octanol–water partition coefficient (Wildman–Crippen LogP) is 1.39. The molecule has 0 saturated carbocycles. The van der Waals surface area contributed by atoms with E-state index in [4.69, 9.17) is 0 Å². The summed E-state index contributed by atoms with van der Waals surface area (Å²) in [4.78, 5) is 15.3. The topological polar surface area (TPSA) is 28.5 Å². The Morgan fingerprint density at radius 3 is 2.30 bits per heavy atom. The molecule has 1 aromatic heterocycles. The Bertz CT molecular complexity index is 462. The van der Waals surface area contributed by atoms with Gasteiger partial charge in [-0.15, -0.1) is 0 Å². The minimum absolute atomic E-state index is 0.00164. The molecule has 1 saturated heterocycles. The van der Waals surface area contributed by atoms with Crippen LogP contribution in [0.15, 0.2) is 18.3 Å². The maximum absolute atomic E-state index is 12.3. The third kappa shape index (κ3) is 4.08. The monoisotopic (exact) mass is 289 g/mol. The summed E-state index contributed by atoms with van der Waals surface area (Å²) in [5.74, 6) is 0.00164. The largest absolute Gasteiger partial charge is 0.401 e. The van der Waals surface area contributed by atoms with Gasteiger partial charge < -0.3 is 4.57 Å². The fourth-order valence-electron chi connectivity index (χ4n) is 2.39. The van der Waals surface area contributed by atoms with E-state index in [2.05, 4.69) is 0 Å². The summed E-state index contributed by atoms with van der Waals surface area (Å²) < 4.78 is 38.5. The third-order valence-electron chi connectivity index (χ3n) is 3.46. The van der Waals surface area contributed by atoms with Crippen LogP contribution >= 0.6 is 0 Å². The highest BCUT2D eigenvalue weighted by Gasteiger charge is 2.32. The van der Waals surface area contributed by atoms with Crippen molar-refractivity contribution in [3.8, 4) is 0 Å². The second-order valence-electron chi connectivity index (χ2n) is 5.09. The molecule has 1 aliphatic heterocycles. The Morgan fingerprint density at radius 1 is 1.20 bits per heavy atom. The fraction of sp³-hybridized carbons (Fsp3) is 0.615. The third-order valence-corrected chi connectivity index (χ3v) is 3.46. The summed E-state index contributed by atoms with van der Waals surface area (Å²) >= 11 is 0. The van der Waals surface area contributed by atoms with Crippen LogP contribution in [-0.2, 0) is 7.05 Å². The predicted molar refractivity (Wildman–Crippen MR) is 68.7 cm³/mol. The summed E-state index contributed by atoms with van der Waals surface area (Å²) in [7, 11) is 1.80. The molecule has 0 unspecified atom stereocenters. The molecule has 0 aromatic carbocycles. The van der Waals surface area contributed by atoms with Gasteiger partial charge in [-0.25, -0.2) is 0 Å². The Morgan fingerprint density at radius 2 is 1.80 bits per heavy atom. The molecule has 0 aliphatic carbocycles. The van der Waals surface area contributed by atoms with E-state index in [1.54, 1.807) is 29.9 Å². The van der Waals surface area contributed by atoms with Crippen LogP contribution in [0, 0.1) is 0 Å². The van der Waals surface area contributed by atoms with Crippen molar-refractivity contribution >= 4 is 5.78 Å². The Hall–Kier alpha value is -1.34. The van der Waals surface area contributed by atoms with Crippen molar-refractivity contribution in [2.75, 3.05) is 39.3 Å². The van der Waals surface area contributed by atoms with Crippen molar-refractivity contribution in [3.05, 3.63) is 24.0 Å². The van der Waals surface area contributed by atoms with Gasteiger partial charge in [0.25, 0.3) is 0 Å². The standard InChI is InChI=1S/C13H18F3N3O/c1-17-4-2-3-11(17)12(20)9-18-5-7-19(8-6-18)10-13(14,15)16/h2-4H,5-10H2,1H3. The highest BCUT2D eigenvalue weighted by Crippen LogP contribution is 2.17. The molecule has 112 valence electrons. The Balaban J connectivity index is 1.80. The number of hydrogen-bond donors (Lipinski definition) is 0. The number of Topliss-reactive ketones (excluding diaryl/α,β-unsaturated/α-hetero) is 1. The number of ketones is 1. The fourth-order valence-corrected chi connectivity index (χ4v) is 2.39. The number of halogens is 3. The minimum atomic E-state index is -4.15. The first-order valence-electron chi connectivity index (χ1n) is 6.51. The second-order valence-corrected chi connectivity index (χ2v) is 5.09. The highest BCUT2D eigenvalue weighted by atomic mass is 19.4. The molecule has 1 fully saturated rings. The molecule has 2 rings (SSSR count). The van der Waals surface area contributed by atoms with Crippen LogP contribution in [0.4, 0.5) is 13.2 Å². The molecule has 1 aromatic rings. The zero-order valence-corrected chi connectivity index (χ0v) is 11.4. The summed E-state index contributed by atoms with van der Waals surface area (Å²) in [6, 6.07) is 3.55. The van der Waals surface area contributed by atoms with Crippen LogP contribution in [0.25, 0.3) is 0 Å². The van der Waals surface area contributed by atoms with Gasteiger partial charge in [-0.1, -0.05) is 0 Å². The molecule has 0 bridgehead atoms. The SMILES string of the molecule is Cn1cccc1C(=O)CN1CCN(CC(F)(F)F)CC1. The lowest BCUT2D eigenvalue weighted by Gasteiger charge is -2.34. The molecule has 0 N–H and O–H groups in total. The zero-order chi connectivity index (χ0) is 14.8. The first-order valence-corrected chi connectivity index (χ1v) is 6.51. The van der Waals surface area contributed by atoms with Crippen LogP contribution in [0.3, 0.4) is 0 Å². The van der Waals surface area contributed by atoms with Gasteiger partial charge >= 0.3 is 6.18 Å². The van der Waals surface area contributed by atoms with Crippen molar-refractivity contribution in [1.29, 1.82) is 0 Å². The number of aryl methyl sites for hydroxylation is 1. The molecular weight excluding hydrogens is 271 g/mol. The maximum Gasteiger partial charge on any atom is 0.401 e. The molecule has 0 atom stereocenters. The number of nitrogens with zero attached hydrogens (tertiary/aromatic N) is 3. The lowest BCUT2D eigenvalue weighted by atomic mass is 10.2. The zero-order valence-electron chi connectivity index (χ0n) is 11.4. The molecule has 2 heterocycles. The maximum atomic E-state index is 12.3. The number of rotatable bonds is 4. The van der Waals surface area contributed by atoms with Crippen LogP contribution in [0.2, 0.25) is 0 Å². The number of hydrogen-bond acceptors (Lipinski definition) is 3. The normalized spacial score (nSPS) is 18.4. The van der Waals surface area contributed by atoms with Gasteiger partial charge in [0.1, 0.15) is 0 Å². The highest BCUT2D eigenvalue weighted by molar-refractivity contribution is 5.96. The van der Waals surface area contributed by atoms with E-state index < -0.39 is 12.7 Å². The molecule has 1 aliphatic rings.